The first-order chi connectivity index (χ1) is 13.4. The molecule has 0 saturated carbocycles. The summed E-state index contributed by atoms with van der Waals surface area (Å²) < 4.78 is 5.56. The van der Waals surface area contributed by atoms with Crippen molar-refractivity contribution in [2.45, 2.75) is 0 Å². The number of nitrogens with one attached hydrogen (secondary N) is 1. The quantitative estimate of drug-likeness (QED) is 0.541. The number of nitrogens with zero attached hydrogens (tertiary/aromatic N) is 1. The van der Waals surface area contributed by atoms with Crippen molar-refractivity contribution in [1.29, 1.82) is 0 Å². The number of carboxylic acids is 1. The van der Waals surface area contributed by atoms with Gasteiger partial charge in [-0.25, -0.2) is 14.5 Å². The SMILES string of the molecule is O=C(O)COc1ccc(/C=C2\C(=O)NC(=O)N(c3ccccc3)C2=O)cc1Br. The molecule has 2 aromatic rings. The third kappa shape index (κ3) is 4.09. The predicted molar refractivity (Wildman–Crippen MR) is 103 cm³/mol. The fourth-order valence-corrected chi connectivity index (χ4v) is 3.01. The van der Waals surface area contributed by atoms with Gasteiger partial charge in [0.05, 0.1) is 10.2 Å². The van der Waals surface area contributed by atoms with Gasteiger partial charge in [-0.1, -0.05) is 24.3 Å². The van der Waals surface area contributed by atoms with E-state index in [0.29, 0.717) is 21.5 Å². The summed E-state index contributed by atoms with van der Waals surface area (Å²) in [7, 11) is 0. The molecule has 4 amide bonds. The van der Waals surface area contributed by atoms with Gasteiger partial charge >= 0.3 is 12.0 Å². The summed E-state index contributed by atoms with van der Waals surface area (Å²) >= 11 is 3.25. The first-order valence-corrected chi connectivity index (χ1v) is 8.77. The van der Waals surface area contributed by atoms with Crippen LogP contribution >= 0.6 is 15.9 Å². The lowest BCUT2D eigenvalue weighted by Crippen LogP contribution is -2.54. The monoisotopic (exact) mass is 444 g/mol. The number of para-hydroxylation sites is 1. The molecule has 1 fully saturated rings. The highest BCUT2D eigenvalue weighted by Gasteiger charge is 2.36. The third-order valence-electron chi connectivity index (χ3n) is 3.73. The lowest BCUT2D eigenvalue weighted by Gasteiger charge is -2.26. The van der Waals surface area contributed by atoms with Gasteiger partial charge in [0.2, 0.25) is 0 Å². The van der Waals surface area contributed by atoms with Crippen LogP contribution in [0.25, 0.3) is 6.08 Å². The Morgan fingerprint density at radius 1 is 1.14 bits per heavy atom. The van der Waals surface area contributed by atoms with Crippen LogP contribution in [0.1, 0.15) is 5.56 Å². The van der Waals surface area contributed by atoms with Gasteiger partial charge in [0.1, 0.15) is 11.3 Å². The molecule has 1 saturated heterocycles. The van der Waals surface area contributed by atoms with Crippen molar-refractivity contribution in [2.75, 3.05) is 11.5 Å². The number of barbiturate groups is 1. The summed E-state index contributed by atoms with van der Waals surface area (Å²) in [4.78, 5) is 48.5. The van der Waals surface area contributed by atoms with E-state index in [0.717, 1.165) is 4.90 Å². The van der Waals surface area contributed by atoms with E-state index in [4.69, 9.17) is 9.84 Å². The van der Waals surface area contributed by atoms with E-state index in [-0.39, 0.29) is 5.57 Å². The number of hydrogen-bond acceptors (Lipinski definition) is 5. The first-order valence-electron chi connectivity index (χ1n) is 7.97. The number of imide groups is 2. The van der Waals surface area contributed by atoms with Crippen LogP contribution in [0.5, 0.6) is 5.75 Å². The highest BCUT2D eigenvalue weighted by atomic mass is 79.9. The Morgan fingerprint density at radius 3 is 2.50 bits per heavy atom. The smallest absolute Gasteiger partial charge is 0.341 e. The van der Waals surface area contributed by atoms with Crippen LogP contribution in [-0.2, 0) is 14.4 Å². The number of urea groups is 1. The van der Waals surface area contributed by atoms with E-state index in [9.17, 15) is 19.2 Å². The van der Waals surface area contributed by atoms with Crippen molar-refractivity contribution in [3.63, 3.8) is 0 Å². The molecule has 0 bridgehead atoms. The molecule has 8 nitrogen and oxygen atoms in total. The lowest BCUT2D eigenvalue weighted by molar-refractivity contribution is -0.139. The minimum absolute atomic E-state index is 0.213. The van der Waals surface area contributed by atoms with E-state index >= 15 is 0 Å². The number of amides is 4. The van der Waals surface area contributed by atoms with Crippen molar-refractivity contribution in [3.8, 4) is 5.75 Å². The number of benzene rings is 2. The van der Waals surface area contributed by atoms with Crippen LogP contribution in [0.15, 0.2) is 58.6 Å². The van der Waals surface area contributed by atoms with Gasteiger partial charge in [-0.3, -0.25) is 14.9 Å². The lowest BCUT2D eigenvalue weighted by atomic mass is 10.1. The van der Waals surface area contributed by atoms with Gasteiger partial charge in [0.25, 0.3) is 11.8 Å². The molecule has 0 aromatic heterocycles. The van der Waals surface area contributed by atoms with Crippen LogP contribution in [0.2, 0.25) is 0 Å². The van der Waals surface area contributed by atoms with Crippen molar-refractivity contribution >= 4 is 51.5 Å². The fraction of sp³-hybridized carbons (Fsp3) is 0.0526. The van der Waals surface area contributed by atoms with Gasteiger partial charge in [0, 0.05) is 0 Å². The molecule has 2 N–H and O–H groups in total. The molecule has 1 aliphatic rings. The second-order valence-corrected chi connectivity index (χ2v) is 6.52. The van der Waals surface area contributed by atoms with Gasteiger partial charge in [-0.15, -0.1) is 0 Å². The molecule has 142 valence electrons. The maximum Gasteiger partial charge on any atom is 0.341 e. The highest BCUT2D eigenvalue weighted by molar-refractivity contribution is 9.10. The second-order valence-electron chi connectivity index (χ2n) is 5.67. The van der Waals surface area contributed by atoms with Crippen LogP contribution < -0.4 is 15.0 Å². The summed E-state index contributed by atoms with van der Waals surface area (Å²) in [6.45, 7) is -0.506. The predicted octanol–water partition coefficient (Wildman–Crippen LogP) is 2.58. The summed E-state index contributed by atoms with van der Waals surface area (Å²) in [6, 6.07) is 12.0. The Morgan fingerprint density at radius 2 is 1.86 bits per heavy atom. The molecule has 0 unspecified atom stereocenters. The summed E-state index contributed by atoms with van der Waals surface area (Å²) in [5, 5.41) is 10.8. The number of carbonyl (C=O) groups is 4. The third-order valence-corrected chi connectivity index (χ3v) is 4.35. The van der Waals surface area contributed by atoms with Crippen LogP contribution in [0.3, 0.4) is 0 Å². The van der Waals surface area contributed by atoms with Crippen molar-refractivity contribution in [1.82, 2.24) is 5.32 Å². The zero-order chi connectivity index (χ0) is 20.3. The Balaban J connectivity index is 1.91. The Bertz CT molecular complexity index is 1000. The molecule has 0 spiro atoms. The zero-order valence-electron chi connectivity index (χ0n) is 14.2. The number of hydrogen-bond donors (Lipinski definition) is 2. The molecule has 0 radical (unpaired) electrons. The second kappa shape index (κ2) is 8.05. The molecule has 0 aliphatic carbocycles. The van der Waals surface area contributed by atoms with Crippen LogP contribution in [0, 0.1) is 0 Å². The van der Waals surface area contributed by atoms with Crippen molar-refractivity contribution in [3.05, 3.63) is 64.1 Å². The number of carbonyl (C=O) groups excluding carboxylic acids is 3. The standard InChI is InChI=1S/C19H13BrN2O6/c20-14-9-11(6-7-15(14)28-10-16(23)24)8-13-17(25)21-19(27)22(18(13)26)12-4-2-1-3-5-12/h1-9H,10H2,(H,23,24)(H,21,25,27)/b13-8+. The Hall–Kier alpha value is -3.46. The zero-order valence-corrected chi connectivity index (χ0v) is 15.8. The normalized spacial score (nSPS) is 15.5. The number of aliphatic carboxylic acids is 1. The molecule has 28 heavy (non-hydrogen) atoms. The maximum atomic E-state index is 12.8. The van der Waals surface area contributed by atoms with Gasteiger partial charge in [-0.05, 0) is 51.8 Å². The van der Waals surface area contributed by atoms with E-state index in [1.807, 2.05) is 0 Å². The molecule has 9 heteroatoms. The van der Waals surface area contributed by atoms with E-state index in [2.05, 4.69) is 21.2 Å². The molecule has 0 atom stereocenters. The Kier molecular flexibility index (Phi) is 5.55. The van der Waals surface area contributed by atoms with E-state index in [1.165, 1.54) is 12.1 Å². The van der Waals surface area contributed by atoms with E-state index in [1.54, 1.807) is 42.5 Å². The van der Waals surface area contributed by atoms with E-state index < -0.39 is 30.4 Å². The minimum Gasteiger partial charge on any atom is -0.481 e. The topological polar surface area (TPSA) is 113 Å². The van der Waals surface area contributed by atoms with Crippen LogP contribution in [0.4, 0.5) is 10.5 Å². The molecule has 3 rings (SSSR count). The number of rotatable bonds is 5. The van der Waals surface area contributed by atoms with Gasteiger partial charge in [-0.2, -0.15) is 0 Å². The average molecular weight is 445 g/mol. The van der Waals surface area contributed by atoms with Crippen molar-refractivity contribution in [2.24, 2.45) is 0 Å². The molecule has 1 aliphatic heterocycles. The van der Waals surface area contributed by atoms with Crippen LogP contribution in [-0.4, -0.2) is 35.5 Å². The van der Waals surface area contributed by atoms with Gasteiger partial charge < -0.3 is 9.84 Å². The maximum absolute atomic E-state index is 12.8. The number of carboxylic acid groups (broad SMARTS) is 1. The number of halogens is 1. The molecular formula is C19H13BrN2O6. The summed E-state index contributed by atoms with van der Waals surface area (Å²) in [6.07, 6.45) is 1.34. The van der Waals surface area contributed by atoms with Gasteiger partial charge in [0.15, 0.2) is 6.61 Å². The Labute approximate surface area is 167 Å². The average Bonchev–Trinajstić information content (AvgIpc) is 2.65. The molecule has 2 aromatic carbocycles. The summed E-state index contributed by atoms with van der Waals surface area (Å²) in [5.74, 6) is -2.37. The number of anilines is 1. The number of ether oxygens (including phenoxy) is 1. The first kappa shape index (κ1) is 19.3. The summed E-state index contributed by atoms with van der Waals surface area (Å²) in [5.41, 5.74) is 0.604. The molecular weight excluding hydrogens is 432 g/mol. The highest BCUT2D eigenvalue weighted by Crippen LogP contribution is 2.28. The minimum atomic E-state index is -1.12. The molecule has 1 heterocycles. The largest absolute Gasteiger partial charge is 0.481 e. The fourth-order valence-electron chi connectivity index (χ4n) is 2.50. The van der Waals surface area contributed by atoms with Crippen molar-refractivity contribution < 1.29 is 29.0 Å².